The Kier molecular flexibility index (Phi) is 3.30. The van der Waals surface area contributed by atoms with Gasteiger partial charge in [0.2, 0.25) is 0 Å². The average Bonchev–Trinajstić information content (AvgIpc) is 2.29. The Balaban J connectivity index is 2.22. The summed E-state index contributed by atoms with van der Waals surface area (Å²) in [5.74, 6) is 0.667. The summed E-state index contributed by atoms with van der Waals surface area (Å²) in [5, 5.41) is 12.4. The molecule has 4 heteroatoms. The number of nitrogens with one attached hydrogen (secondary N) is 1. The Hall–Kier alpha value is -1.60. The van der Waals surface area contributed by atoms with Crippen LogP contribution in [0.5, 0.6) is 0 Å². The molecule has 17 heavy (non-hydrogen) atoms. The van der Waals surface area contributed by atoms with Crippen molar-refractivity contribution in [3.05, 3.63) is 23.4 Å². The van der Waals surface area contributed by atoms with Gasteiger partial charge in [-0.05, 0) is 38.8 Å². The number of nitrogens with zero attached hydrogens (tertiary/aromatic N) is 2. The summed E-state index contributed by atoms with van der Waals surface area (Å²) in [7, 11) is 0. The van der Waals surface area contributed by atoms with Gasteiger partial charge in [0.15, 0.2) is 0 Å². The SMILES string of the molecule is Cc1ccc(C#N)c(NC2(C)CCCOC2)n1. The predicted molar refractivity (Wildman–Crippen MR) is 65.8 cm³/mol. The molecule has 2 heterocycles. The van der Waals surface area contributed by atoms with Crippen LogP contribution in [0.3, 0.4) is 0 Å². The maximum Gasteiger partial charge on any atom is 0.144 e. The van der Waals surface area contributed by atoms with Crippen LogP contribution in [0, 0.1) is 18.3 Å². The van der Waals surface area contributed by atoms with Gasteiger partial charge in [0.05, 0.1) is 17.7 Å². The largest absolute Gasteiger partial charge is 0.379 e. The minimum absolute atomic E-state index is 0.120. The normalized spacial score (nSPS) is 24.1. The van der Waals surface area contributed by atoms with Gasteiger partial charge < -0.3 is 10.1 Å². The van der Waals surface area contributed by atoms with Crippen molar-refractivity contribution < 1.29 is 4.74 Å². The van der Waals surface area contributed by atoms with Crippen molar-refractivity contribution >= 4 is 5.82 Å². The van der Waals surface area contributed by atoms with Crippen LogP contribution in [0.25, 0.3) is 0 Å². The van der Waals surface area contributed by atoms with E-state index >= 15 is 0 Å². The number of nitriles is 1. The Morgan fingerprint density at radius 3 is 3.00 bits per heavy atom. The van der Waals surface area contributed by atoms with Gasteiger partial charge in [-0.25, -0.2) is 4.98 Å². The molecule has 4 nitrogen and oxygen atoms in total. The zero-order valence-electron chi connectivity index (χ0n) is 10.3. The van der Waals surface area contributed by atoms with Crippen LogP contribution >= 0.6 is 0 Å². The molecular formula is C13H17N3O. The molecule has 1 N–H and O–H groups in total. The fourth-order valence-corrected chi connectivity index (χ4v) is 2.06. The highest BCUT2D eigenvalue weighted by molar-refractivity contribution is 5.53. The number of anilines is 1. The number of rotatable bonds is 2. The minimum Gasteiger partial charge on any atom is -0.379 e. The van der Waals surface area contributed by atoms with Crippen molar-refractivity contribution in [3.63, 3.8) is 0 Å². The Bertz CT molecular complexity index is 444. The fraction of sp³-hybridized carbons (Fsp3) is 0.538. The summed E-state index contributed by atoms with van der Waals surface area (Å²) >= 11 is 0. The van der Waals surface area contributed by atoms with E-state index in [1.54, 1.807) is 6.07 Å². The average molecular weight is 231 g/mol. The van der Waals surface area contributed by atoms with Crippen LogP contribution in [-0.4, -0.2) is 23.7 Å². The molecule has 1 aliphatic rings. The van der Waals surface area contributed by atoms with E-state index in [1.807, 2.05) is 13.0 Å². The van der Waals surface area contributed by atoms with Crippen molar-refractivity contribution in [1.82, 2.24) is 4.98 Å². The van der Waals surface area contributed by atoms with Crippen LogP contribution in [0.2, 0.25) is 0 Å². The highest BCUT2D eigenvalue weighted by atomic mass is 16.5. The van der Waals surface area contributed by atoms with E-state index in [1.165, 1.54) is 0 Å². The van der Waals surface area contributed by atoms with Crippen molar-refractivity contribution in [2.24, 2.45) is 0 Å². The molecule has 1 aromatic heterocycles. The van der Waals surface area contributed by atoms with Crippen LogP contribution in [0.4, 0.5) is 5.82 Å². The van der Waals surface area contributed by atoms with E-state index in [0.29, 0.717) is 18.0 Å². The molecular weight excluding hydrogens is 214 g/mol. The van der Waals surface area contributed by atoms with Crippen LogP contribution < -0.4 is 5.32 Å². The molecule has 1 unspecified atom stereocenters. The first kappa shape index (κ1) is 11.9. The van der Waals surface area contributed by atoms with E-state index in [9.17, 15) is 0 Å². The molecule has 0 bridgehead atoms. The highest BCUT2D eigenvalue weighted by Crippen LogP contribution is 2.24. The monoisotopic (exact) mass is 231 g/mol. The van der Waals surface area contributed by atoms with Crippen molar-refractivity contribution in [3.8, 4) is 6.07 Å². The highest BCUT2D eigenvalue weighted by Gasteiger charge is 2.28. The summed E-state index contributed by atoms with van der Waals surface area (Å²) < 4.78 is 5.49. The van der Waals surface area contributed by atoms with Crippen molar-refractivity contribution in [2.75, 3.05) is 18.5 Å². The maximum absolute atomic E-state index is 9.06. The molecule has 0 amide bonds. The van der Waals surface area contributed by atoms with Gasteiger partial charge in [0, 0.05) is 12.3 Å². The molecule has 90 valence electrons. The third-order valence-corrected chi connectivity index (χ3v) is 3.01. The Morgan fingerprint density at radius 1 is 1.53 bits per heavy atom. The van der Waals surface area contributed by atoms with Gasteiger partial charge in [-0.3, -0.25) is 0 Å². The standard InChI is InChI=1S/C13H17N3O/c1-10-4-5-11(8-14)12(15-10)16-13(2)6-3-7-17-9-13/h4-5H,3,6-7,9H2,1-2H3,(H,15,16). The molecule has 0 spiro atoms. The van der Waals surface area contributed by atoms with Gasteiger partial charge in [-0.2, -0.15) is 5.26 Å². The number of aromatic nitrogens is 1. The summed E-state index contributed by atoms with van der Waals surface area (Å²) in [6.07, 6.45) is 2.07. The second-order valence-corrected chi connectivity index (χ2v) is 4.80. The van der Waals surface area contributed by atoms with E-state index in [4.69, 9.17) is 10.00 Å². The van der Waals surface area contributed by atoms with Crippen LogP contribution in [0.1, 0.15) is 31.0 Å². The second-order valence-electron chi connectivity index (χ2n) is 4.80. The molecule has 2 rings (SSSR count). The molecule has 1 saturated heterocycles. The van der Waals surface area contributed by atoms with E-state index in [-0.39, 0.29) is 5.54 Å². The minimum atomic E-state index is -0.120. The number of ether oxygens (including phenoxy) is 1. The molecule has 1 fully saturated rings. The van der Waals surface area contributed by atoms with Gasteiger partial charge in [-0.15, -0.1) is 0 Å². The van der Waals surface area contributed by atoms with E-state index in [0.717, 1.165) is 25.1 Å². The molecule has 0 saturated carbocycles. The molecule has 1 aromatic rings. The van der Waals surface area contributed by atoms with Crippen molar-refractivity contribution in [2.45, 2.75) is 32.2 Å². The summed E-state index contributed by atoms with van der Waals surface area (Å²) in [5.41, 5.74) is 1.37. The topological polar surface area (TPSA) is 57.9 Å². The lowest BCUT2D eigenvalue weighted by Crippen LogP contribution is -2.43. The smallest absolute Gasteiger partial charge is 0.144 e. The van der Waals surface area contributed by atoms with Gasteiger partial charge in [0.1, 0.15) is 11.9 Å². The number of hydrogen-bond donors (Lipinski definition) is 1. The number of hydrogen-bond acceptors (Lipinski definition) is 4. The zero-order valence-corrected chi connectivity index (χ0v) is 10.3. The Morgan fingerprint density at radius 2 is 2.35 bits per heavy atom. The number of pyridine rings is 1. The summed E-state index contributed by atoms with van der Waals surface area (Å²) in [4.78, 5) is 4.39. The molecule has 0 radical (unpaired) electrons. The van der Waals surface area contributed by atoms with E-state index < -0.39 is 0 Å². The first-order chi connectivity index (χ1) is 8.13. The first-order valence-electron chi connectivity index (χ1n) is 5.87. The predicted octanol–water partition coefficient (Wildman–Crippen LogP) is 2.24. The van der Waals surface area contributed by atoms with Gasteiger partial charge in [-0.1, -0.05) is 0 Å². The molecule has 0 aliphatic carbocycles. The third kappa shape index (κ3) is 2.75. The summed E-state index contributed by atoms with van der Waals surface area (Å²) in [6, 6.07) is 5.82. The van der Waals surface area contributed by atoms with Crippen molar-refractivity contribution in [1.29, 1.82) is 5.26 Å². The van der Waals surface area contributed by atoms with Crippen LogP contribution in [-0.2, 0) is 4.74 Å². The summed E-state index contributed by atoms with van der Waals surface area (Å²) in [6.45, 7) is 5.51. The number of aryl methyl sites for hydroxylation is 1. The lowest BCUT2D eigenvalue weighted by Gasteiger charge is -2.35. The Labute approximate surface area is 102 Å². The third-order valence-electron chi connectivity index (χ3n) is 3.01. The second kappa shape index (κ2) is 4.72. The molecule has 1 atom stereocenters. The van der Waals surface area contributed by atoms with Gasteiger partial charge in [0.25, 0.3) is 0 Å². The van der Waals surface area contributed by atoms with Gasteiger partial charge >= 0.3 is 0 Å². The van der Waals surface area contributed by atoms with E-state index in [2.05, 4.69) is 23.3 Å². The zero-order chi connectivity index (χ0) is 12.3. The molecule has 0 aromatic carbocycles. The quantitative estimate of drug-likeness (QED) is 0.848. The van der Waals surface area contributed by atoms with Crippen LogP contribution in [0.15, 0.2) is 12.1 Å². The fourth-order valence-electron chi connectivity index (χ4n) is 2.06. The molecule has 1 aliphatic heterocycles. The maximum atomic E-state index is 9.06. The lowest BCUT2D eigenvalue weighted by molar-refractivity contribution is 0.0539. The first-order valence-corrected chi connectivity index (χ1v) is 5.87. The lowest BCUT2D eigenvalue weighted by atomic mass is 9.94.